The summed E-state index contributed by atoms with van der Waals surface area (Å²) in [5, 5.41) is 3.36. The van der Waals surface area contributed by atoms with E-state index in [1.54, 1.807) is 4.90 Å². The van der Waals surface area contributed by atoms with Crippen LogP contribution in [0.2, 0.25) is 0 Å². The fourth-order valence-electron chi connectivity index (χ4n) is 3.45. The predicted molar refractivity (Wildman–Crippen MR) is 88.9 cm³/mol. The summed E-state index contributed by atoms with van der Waals surface area (Å²) in [7, 11) is 1.87. The van der Waals surface area contributed by atoms with Crippen molar-refractivity contribution < 1.29 is 9.53 Å². The Balaban J connectivity index is 2.04. The van der Waals surface area contributed by atoms with Crippen LogP contribution in [0, 0.1) is 0 Å². The van der Waals surface area contributed by atoms with E-state index < -0.39 is 5.60 Å². The van der Waals surface area contributed by atoms with Gasteiger partial charge in [-0.2, -0.15) is 0 Å². The first-order chi connectivity index (χ1) is 10.6. The lowest BCUT2D eigenvalue weighted by atomic mass is 9.93. The second kappa shape index (κ2) is 5.80. The van der Waals surface area contributed by atoms with E-state index in [1.807, 2.05) is 33.0 Å². The van der Waals surface area contributed by atoms with Crippen molar-refractivity contribution in [3.8, 4) is 5.75 Å². The zero-order valence-corrected chi connectivity index (χ0v) is 13.7. The summed E-state index contributed by atoms with van der Waals surface area (Å²) in [6.45, 7) is 7.86. The quantitative estimate of drug-likeness (QED) is 0.928. The number of carbonyl (C=O) groups excluding carboxylic acids is 1. The summed E-state index contributed by atoms with van der Waals surface area (Å²) in [4.78, 5) is 17.0. The van der Waals surface area contributed by atoms with E-state index in [9.17, 15) is 4.79 Å². The SMILES string of the molecule is CCC1(CC)Oc2cccc(N3CCNCC3)c2N(C)C1=O. The Bertz CT molecular complexity index is 563. The number of nitrogens with one attached hydrogen (secondary N) is 1. The van der Waals surface area contributed by atoms with Crippen LogP contribution < -0.4 is 19.9 Å². The van der Waals surface area contributed by atoms with Crippen LogP contribution in [0.1, 0.15) is 26.7 Å². The molecule has 1 aromatic carbocycles. The molecule has 0 spiro atoms. The first-order valence-electron chi connectivity index (χ1n) is 8.19. The van der Waals surface area contributed by atoms with Crippen LogP contribution in [0.15, 0.2) is 18.2 Å². The third-order valence-electron chi connectivity index (χ3n) is 4.91. The van der Waals surface area contributed by atoms with E-state index in [0.717, 1.165) is 43.3 Å². The Hall–Kier alpha value is -1.75. The number of anilines is 2. The van der Waals surface area contributed by atoms with Gasteiger partial charge in [0.1, 0.15) is 11.4 Å². The number of para-hydroxylation sites is 1. The number of benzene rings is 1. The van der Waals surface area contributed by atoms with Crippen LogP contribution in [-0.2, 0) is 4.79 Å². The highest BCUT2D eigenvalue weighted by atomic mass is 16.5. The molecule has 1 N–H and O–H groups in total. The van der Waals surface area contributed by atoms with E-state index in [0.29, 0.717) is 12.8 Å². The summed E-state index contributed by atoms with van der Waals surface area (Å²) in [5.74, 6) is 0.884. The molecule has 5 nitrogen and oxygen atoms in total. The first kappa shape index (κ1) is 15.2. The summed E-state index contributed by atoms with van der Waals surface area (Å²) in [6.07, 6.45) is 1.37. The Morgan fingerprint density at radius 3 is 2.55 bits per heavy atom. The summed E-state index contributed by atoms with van der Waals surface area (Å²) < 4.78 is 6.20. The molecule has 1 fully saturated rings. The van der Waals surface area contributed by atoms with Gasteiger partial charge in [-0.1, -0.05) is 19.9 Å². The molecule has 5 heteroatoms. The third kappa shape index (κ3) is 2.24. The van der Waals surface area contributed by atoms with E-state index in [4.69, 9.17) is 4.74 Å². The first-order valence-corrected chi connectivity index (χ1v) is 8.19. The second-order valence-electron chi connectivity index (χ2n) is 6.03. The van der Waals surface area contributed by atoms with Gasteiger partial charge in [0, 0.05) is 33.2 Å². The molecule has 0 unspecified atom stereocenters. The maximum Gasteiger partial charge on any atom is 0.271 e. The molecule has 0 aromatic heterocycles. The number of carbonyl (C=O) groups is 1. The van der Waals surface area contributed by atoms with Crippen molar-refractivity contribution in [2.24, 2.45) is 0 Å². The van der Waals surface area contributed by atoms with E-state index >= 15 is 0 Å². The van der Waals surface area contributed by atoms with Gasteiger partial charge in [-0.05, 0) is 25.0 Å². The molecule has 0 bridgehead atoms. The van der Waals surface area contributed by atoms with Crippen molar-refractivity contribution in [1.29, 1.82) is 0 Å². The molecule has 22 heavy (non-hydrogen) atoms. The molecule has 1 saturated heterocycles. The van der Waals surface area contributed by atoms with Gasteiger partial charge >= 0.3 is 0 Å². The predicted octanol–water partition coefficient (Wildman–Crippen LogP) is 2.01. The maximum absolute atomic E-state index is 12.9. The van der Waals surface area contributed by atoms with Crippen molar-refractivity contribution in [3.05, 3.63) is 18.2 Å². The van der Waals surface area contributed by atoms with Gasteiger partial charge in [0.15, 0.2) is 5.60 Å². The number of fused-ring (bicyclic) bond motifs is 1. The topological polar surface area (TPSA) is 44.8 Å². The molecule has 0 radical (unpaired) electrons. The summed E-state index contributed by atoms with van der Waals surface area (Å²) in [5.41, 5.74) is 1.28. The average Bonchev–Trinajstić information content (AvgIpc) is 2.58. The molecular formula is C17H25N3O2. The second-order valence-corrected chi connectivity index (χ2v) is 6.03. The van der Waals surface area contributed by atoms with Crippen molar-refractivity contribution in [2.45, 2.75) is 32.3 Å². The molecule has 0 saturated carbocycles. The van der Waals surface area contributed by atoms with Gasteiger partial charge in [-0.15, -0.1) is 0 Å². The monoisotopic (exact) mass is 303 g/mol. The van der Waals surface area contributed by atoms with Gasteiger partial charge in [0.2, 0.25) is 0 Å². The van der Waals surface area contributed by atoms with Crippen LogP contribution >= 0.6 is 0 Å². The van der Waals surface area contributed by atoms with Gasteiger partial charge in [-0.3, -0.25) is 4.79 Å². The normalized spacial score (nSPS) is 20.6. The molecule has 3 rings (SSSR count). The van der Waals surface area contributed by atoms with Crippen LogP contribution in [0.4, 0.5) is 11.4 Å². The number of amides is 1. The van der Waals surface area contributed by atoms with Crippen molar-refractivity contribution >= 4 is 17.3 Å². The molecule has 2 aliphatic rings. The fraction of sp³-hybridized carbons (Fsp3) is 0.588. The largest absolute Gasteiger partial charge is 0.475 e. The van der Waals surface area contributed by atoms with Crippen LogP contribution in [0.3, 0.4) is 0 Å². The number of hydrogen-bond acceptors (Lipinski definition) is 4. The van der Waals surface area contributed by atoms with Crippen molar-refractivity contribution in [1.82, 2.24) is 5.32 Å². The number of nitrogens with zero attached hydrogens (tertiary/aromatic N) is 2. The van der Waals surface area contributed by atoms with Gasteiger partial charge < -0.3 is 19.9 Å². The summed E-state index contributed by atoms with van der Waals surface area (Å²) >= 11 is 0. The molecule has 120 valence electrons. The highest BCUT2D eigenvalue weighted by Gasteiger charge is 2.45. The Morgan fingerprint density at radius 2 is 1.91 bits per heavy atom. The molecule has 0 aliphatic carbocycles. The Morgan fingerprint density at radius 1 is 1.23 bits per heavy atom. The smallest absolute Gasteiger partial charge is 0.271 e. The lowest BCUT2D eigenvalue weighted by molar-refractivity contribution is -0.135. The number of likely N-dealkylation sites (N-methyl/N-ethyl adjacent to an activating group) is 1. The minimum atomic E-state index is -0.718. The van der Waals surface area contributed by atoms with Gasteiger partial charge in [-0.25, -0.2) is 0 Å². The Labute approximate surface area is 132 Å². The number of piperazine rings is 1. The molecule has 1 aromatic rings. The van der Waals surface area contributed by atoms with Crippen LogP contribution in [0.5, 0.6) is 5.75 Å². The zero-order valence-electron chi connectivity index (χ0n) is 13.7. The molecule has 1 amide bonds. The lowest BCUT2D eigenvalue weighted by Crippen LogP contribution is -2.55. The fourth-order valence-corrected chi connectivity index (χ4v) is 3.45. The van der Waals surface area contributed by atoms with Crippen molar-refractivity contribution in [3.63, 3.8) is 0 Å². The van der Waals surface area contributed by atoms with E-state index in [-0.39, 0.29) is 5.91 Å². The summed E-state index contributed by atoms with van der Waals surface area (Å²) in [6, 6.07) is 6.09. The molecular weight excluding hydrogens is 278 g/mol. The van der Waals surface area contributed by atoms with Crippen LogP contribution in [-0.4, -0.2) is 44.7 Å². The Kier molecular flexibility index (Phi) is 4.00. The van der Waals surface area contributed by atoms with E-state index in [1.165, 1.54) is 0 Å². The minimum Gasteiger partial charge on any atom is -0.475 e. The number of ether oxygens (including phenoxy) is 1. The highest BCUT2D eigenvalue weighted by molar-refractivity contribution is 6.05. The zero-order chi connectivity index (χ0) is 15.7. The molecule has 0 atom stereocenters. The number of hydrogen-bond donors (Lipinski definition) is 1. The highest BCUT2D eigenvalue weighted by Crippen LogP contribution is 2.45. The van der Waals surface area contributed by atoms with E-state index in [2.05, 4.69) is 16.3 Å². The van der Waals surface area contributed by atoms with Gasteiger partial charge in [0.25, 0.3) is 5.91 Å². The third-order valence-corrected chi connectivity index (χ3v) is 4.91. The molecule has 2 aliphatic heterocycles. The lowest BCUT2D eigenvalue weighted by Gasteiger charge is -2.43. The molecule has 2 heterocycles. The average molecular weight is 303 g/mol. The van der Waals surface area contributed by atoms with Crippen molar-refractivity contribution in [2.75, 3.05) is 43.0 Å². The maximum atomic E-state index is 12.9. The van der Waals surface area contributed by atoms with Crippen LogP contribution in [0.25, 0.3) is 0 Å². The standard InChI is InChI=1S/C17H25N3O2/c1-4-17(5-2)16(21)19(3)15-13(7-6-8-14(15)22-17)20-11-9-18-10-12-20/h6-8,18H,4-5,9-12H2,1-3H3. The van der Waals surface area contributed by atoms with Gasteiger partial charge in [0.05, 0.1) is 5.69 Å². The minimum absolute atomic E-state index is 0.0626. The number of rotatable bonds is 3.